The van der Waals surface area contributed by atoms with Crippen LogP contribution < -0.4 is 10.6 Å². The molecule has 4 nitrogen and oxygen atoms in total. The average Bonchev–Trinajstić information content (AvgIpc) is 2.48. The van der Waals surface area contributed by atoms with Gasteiger partial charge in [0.2, 0.25) is 5.91 Å². The first-order valence-electron chi connectivity index (χ1n) is 7.06. The van der Waals surface area contributed by atoms with Crippen LogP contribution in [0.25, 0.3) is 0 Å². The number of rotatable bonds is 4. The Morgan fingerprint density at radius 3 is 2.42 bits per heavy atom. The highest BCUT2D eigenvalue weighted by Crippen LogP contribution is 2.16. The number of nitrogens with zero attached hydrogens (tertiary/aromatic N) is 2. The van der Waals surface area contributed by atoms with E-state index in [-0.39, 0.29) is 11.9 Å². The summed E-state index contributed by atoms with van der Waals surface area (Å²) in [7, 11) is 0. The highest BCUT2D eigenvalue weighted by atomic mass is 16.2. The van der Waals surface area contributed by atoms with Crippen LogP contribution in [-0.4, -0.2) is 43.0 Å². The van der Waals surface area contributed by atoms with Crippen LogP contribution >= 0.6 is 0 Å². The Labute approximate surface area is 115 Å². The van der Waals surface area contributed by atoms with Crippen LogP contribution in [-0.2, 0) is 4.79 Å². The van der Waals surface area contributed by atoms with Gasteiger partial charge in [-0.1, -0.05) is 31.5 Å². The summed E-state index contributed by atoms with van der Waals surface area (Å²) >= 11 is 0. The Kier molecular flexibility index (Phi) is 4.80. The Bertz CT molecular complexity index is 399. The number of hydrogen-bond donors (Lipinski definition) is 1. The molecule has 0 aromatic heterocycles. The molecule has 0 aliphatic carbocycles. The molecular formula is C15H23N3O. The van der Waals surface area contributed by atoms with Crippen molar-refractivity contribution in [3.8, 4) is 0 Å². The average molecular weight is 261 g/mol. The molecule has 104 valence electrons. The van der Waals surface area contributed by atoms with E-state index in [1.54, 1.807) is 0 Å². The number of hydrogen-bond acceptors (Lipinski definition) is 3. The molecule has 1 aliphatic heterocycles. The largest absolute Gasteiger partial charge is 0.368 e. The van der Waals surface area contributed by atoms with Gasteiger partial charge >= 0.3 is 0 Å². The summed E-state index contributed by atoms with van der Waals surface area (Å²) in [6, 6.07) is 10.0. The lowest BCUT2D eigenvalue weighted by atomic mass is 10.1. The van der Waals surface area contributed by atoms with Gasteiger partial charge in [0, 0.05) is 31.9 Å². The zero-order chi connectivity index (χ0) is 13.7. The van der Waals surface area contributed by atoms with Crippen molar-refractivity contribution >= 4 is 11.6 Å². The Hall–Kier alpha value is -1.55. The fraction of sp³-hybridized carbons (Fsp3) is 0.533. The van der Waals surface area contributed by atoms with Crippen molar-refractivity contribution in [3.63, 3.8) is 0 Å². The van der Waals surface area contributed by atoms with E-state index in [0.29, 0.717) is 0 Å². The quantitative estimate of drug-likeness (QED) is 0.892. The molecule has 1 heterocycles. The second kappa shape index (κ2) is 6.57. The highest BCUT2D eigenvalue weighted by molar-refractivity contribution is 5.81. The van der Waals surface area contributed by atoms with Crippen molar-refractivity contribution in [2.75, 3.05) is 31.1 Å². The molecule has 1 aromatic rings. The molecular weight excluding hydrogens is 238 g/mol. The van der Waals surface area contributed by atoms with E-state index in [1.165, 1.54) is 5.69 Å². The zero-order valence-corrected chi connectivity index (χ0v) is 11.6. The first-order valence-corrected chi connectivity index (χ1v) is 7.06. The molecule has 1 saturated heterocycles. The summed E-state index contributed by atoms with van der Waals surface area (Å²) in [6.45, 7) is 5.36. The Morgan fingerprint density at radius 1 is 1.21 bits per heavy atom. The van der Waals surface area contributed by atoms with Gasteiger partial charge in [0.05, 0.1) is 6.04 Å². The molecule has 1 atom stereocenters. The van der Waals surface area contributed by atoms with Crippen molar-refractivity contribution < 1.29 is 4.79 Å². The molecule has 1 aliphatic rings. The second-order valence-corrected chi connectivity index (χ2v) is 5.04. The fourth-order valence-corrected chi connectivity index (χ4v) is 2.49. The summed E-state index contributed by atoms with van der Waals surface area (Å²) in [5.74, 6) is 0.106. The number of amides is 1. The maximum Gasteiger partial charge on any atom is 0.239 e. The molecule has 1 fully saturated rings. The lowest BCUT2D eigenvalue weighted by molar-refractivity contribution is -0.133. The summed E-state index contributed by atoms with van der Waals surface area (Å²) in [6.07, 6.45) is 1.73. The number of anilines is 1. The molecule has 1 unspecified atom stereocenters. The number of benzene rings is 1. The van der Waals surface area contributed by atoms with Crippen LogP contribution in [0.4, 0.5) is 5.69 Å². The SMILES string of the molecule is CCCC(N)C(=O)N1CCN(c2ccccc2)CC1. The van der Waals surface area contributed by atoms with Crippen LogP contribution in [0.3, 0.4) is 0 Å². The molecule has 2 N–H and O–H groups in total. The molecule has 4 heteroatoms. The molecule has 0 radical (unpaired) electrons. The normalized spacial score (nSPS) is 17.4. The highest BCUT2D eigenvalue weighted by Gasteiger charge is 2.24. The topological polar surface area (TPSA) is 49.6 Å². The van der Waals surface area contributed by atoms with Gasteiger partial charge in [0.15, 0.2) is 0 Å². The molecule has 1 amide bonds. The molecule has 0 saturated carbocycles. The van der Waals surface area contributed by atoms with Gasteiger partial charge in [-0.15, -0.1) is 0 Å². The second-order valence-electron chi connectivity index (χ2n) is 5.04. The number of carbonyl (C=O) groups excluding carboxylic acids is 1. The molecule has 1 aromatic carbocycles. The van der Waals surface area contributed by atoms with E-state index in [2.05, 4.69) is 24.0 Å². The van der Waals surface area contributed by atoms with E-state index in [1.807, 2.05) is 23.1 Å². The van der Waals surface area contributed by atoms with Gasteiger partial charge in [-0.05, 0) is 18.6 Å². The summed E-state index contributed by atoms with van der Waals surface area (Å²) in [5.41, 5.74) is 7.13. The lowest BCUT2D eigenvalue weighted by Gasteiger charge is -2.37. The van der Waals surface area contributed by atoms with Crippen LogP contribution in [0, 0.1) is 0 Å². The first kappa shape index (κ1) is 13.9. The minimum Gasteiger partial charge on any atom is -0.368 e. The lowest BCUT2D eigenvalue weighted by Crippen LogP contribution is -2.53. The zero-order valence-electron chi connectivity index (χ0n) is 11.6. The van der Waals surface area contributed by atoms with E-state index < -0.39 is 0 Å². The third kappa shape index (κ3) is 3.47. The van der Waals surface area contributed by atoms with Gasteiger partial charge in [-0.2, -0.15) is 0 Å². The smallest absolute Gasteiger partial charge is 0.239 e. The van der Waals surface area contributed by atoms with Crippen molar-refractivity contribution in [3.05, 3.63) is 30.3 Å². The third-order valence-electron chi connectivity index (χ3n) is 3.63. The predicted molar refractivity (Wildman–Crippen MR) is 78.1 cm³/mol. The third-order valence-corrected chi connectivity index (χ3v) is 3.63. The first-order chi connectivity index (χ1) is 9.22. The van der Waals surface area contributed by atoms with E-state index >= 15 is 0 Å². The van der Waals surface area contributed by atoms with Crippen molar-refractivity contribution in [2.45, 2.75) is 25.8 Å². The van der Waals surface area contributed by atoms with Crippen LogP contribution in [0.15, 0.2) is 30.3 Å². The molecule has 0 bridgehead atoms. The van der Waals surface area contributed by atoms with Crippen molar-refractivity contribution in [1.29, 1.82) is 0 Å². The van der Waals surface area contributed by atoms with Crippen LogP contribution in [0.1, 0.15) is 19.8 Å². The van der Waals surface area contributed by atoms with E-state index in [9.17, 15) is 4.79 Å². The summed E-state index contributed by atoms with van der Waals surface area (Å²) in [4.78, 5) is 16.3. The minimum atomic E-state index is -0.326. The Morgan fingerprint density at radius 2 is 1.84 bits per heavy atom. The van der Waals surface area contributed by atoms with E-state index in [0.717, 1.165) is 39.0 Å². The monoisotopic (exact) mass is 261 g/mol. The number of carbonyl (C=O) groups is 1. The summed E-state index contributed by atoms with van der Waals surface area (Å²) in [5, 5.41) is 0. The van der Waals surface area contributed by atoms with E-state index in [4.69, 9.17) is 5.73 Å². The van der Waals surface area contributed by atoms with Crippen molar-refractivity contribution in [1.82, 2.24) is 4.90 Å². The number of para-hydroxylation sites is 1. The van der Waals surface area contributed by atoms with Gasteiger partial charge in [-0.3, -0.25) is 4.79 Å². The standard InChI is InChI=1S/C15H23N3O/c1-2-6-14(16)15(19)18-11-9-17(10-12-18)13-7-4-3-5-8-13/h3-5,7-8,14H,2,6,9-12,16H2,1H3. The van der Waals surface area contributed by atoms with Gasteiger partial charge in [0.25, 0.3) is 0 Å². The predicted octanol–water partition coefficient (Wildman–Crippen LogP) is 1.46. The van der Waals surface area contributed by atoms with Gasteiger partial charge in [-0.25, -0.2) is 0 Å². The molecule has 19 heavy (non-hydrogen) atoms. The molecule has 0 spiro atoms. The number of piperazine rings is 1. The molecule has 2 rings (SSSR count). The Balaban J connectivity index is 1.87. The van der Waals surface area contributed by atoms with Gasteiger partial charge < -0.3 is 15.5 Å². The maximum absolute atomic E-state index is 12.1. The maximum atomic E-state index is 12.1. The van der Waals surface area contributed by atoms with Gasteiger partial charge in [0.1, 0.15) is 0 Å². The minimum absolute atomic E-state index is 0.106. The van der Waals surface area contributed by atoms with Crippen LogP contribution in [0.2, 0.25) is 0 Å². The summed E-state index contributed by atoms with van der Waals surface area (Å²) < 4.78 is 0. The van der Waals surface area contributed by atoms with Crippen LogP contribution in [0.5, 0.6) is 0 Å². The fourth-order valence-electron chi connectivity index (χ4n) is 2.49. The number of nitrogens with two attached hydrogens (primary N) is 1. The van der Waals surface area contributed by atoms with Crippen molar-refractivity contribution in [2.24, 2.45) is 5.73 Å².